The Morgan fingerprint density at radius 3 is 2.45 bits per heavy atom. The van der Waals surface area contributed by atoms with E-state index < -0.39 is 17.9 Å². The van der Waals surface area contributed by atoms with E-state index >= 15 is 0 Å². The highest BCUT2D eigenvalue weighted by Gasteiger charge is 2.38. The van der Waals surface area contributed by atoms with Gasteiger partial charge >= 0.3 is 11.8 Å². The van der Waals surface area contributed by atoms with Gasteiger partial charge in [0.1, 0.15) is 17.6 Å². The largest absolute Gasteiger partial charge is 0.492 e. The monoisotopic (exact) mass is 427 g/mol. The number of piperazine rings is 1. The van der Waals surface area contributed by atoms with Crippen LogP contribution < -0.4 is 10.1 Å². The zero-order chi connectivity index (χ0) is 22.4. The maximum Gasteiger partial charge on any atom is 0.312 e. The lowest BCUT2D eigenvalue weighted by Crippen LogP contribution is -2.59. The number of hydrogen-bond acceptors (Lipinski definition) is 4. The number of nitrogens with one attached hydrogen (secondary N) is 1. The summed E-state index contributed by atoms with van der Waals surface area (Å²) in [6.07, 6.45) is 0.361. The van der Waals surface area contributed by atoms with Gasteiger partial charge in [0.2, 0.25) is 5.91 Å². The minimum atomic E-state index is -0.779. The van der Waals surface area contributed by atoms with Crippen LogP contribution >= 0.6 is 0 Å². The summed E-state index contributed by atoms with van der Waals surface area (Å²) in [5.74, 6) is -1.58. The number of rotatable bonds is 8. The van der Waals surface area contributed by atoms with Gasteiger partial charge in [-0.3, -0.25) is 14.4 Å². The van der Waals surface area contributed by atoms with E-state index in [2.05, 4.69) is 5.32 Å². The Kier molecular flexibility index (Phi) is 7.23. The normalized spacial score (nSPS) is 15.1. The van der Waals surface area contributed by atoms with Gasteiger partial charge in [0.15, 0.2) is 0 Å². The zero-order valence-electron chi connectivity index (χ0n) is 17.6. The van der Waals surface area contributed by atoms with Gasteiger partial charge in [-0.15, -0.1) is 0 Å². The molecule has 1 aliphatic heterocycles. The van der Waals surface area contributed by atoms with Crippen LogP contribution in [0.1, 0.15) is 25.8 Å². The lowest BCUT2D eigenvalue weighted by molar-refractivity contribution is -0.159. The molecule has 0 aliphatic carbocycles. The average molecular weight is 427 g/mol. The second-order valence-corrected chi connectivity index (χ2v) is 7.19. The van der Waals surface area contributed by atoms with Crippen LogP contribution in [0.15, 0.2) is 48.5 Å². The summed E-state index contributed by atoms with van der Waals surface area (Å²) in [4.78, 5) is 41.1. The maximum atomic E-state index is 13.1. The summed E-state index contributed by atoms with van der Waals surface area (Å²) < 4.78 is 18.6. The Balaban J connectivity index is 1.68. The molecule has 2 aromatic carbocycles. The van der Waals surface area contributed by atoms with Crippen LogP contribution in [0.2, 0.25) is 0 Å². The van der Waals surface area contributed by atoms with Crippen molar-refractivity contribution in [1.82, 2.24) is 9.80 Å². The Morgan fingerprint density at radius 2 is 1.77 bits per heavy atom. The molecule has 0 bridgehead atoms. The first-order valence-electron chi connectivity index (χ1n) is 10.3. The van der Waals surface area contributed by atoms with Gasteiger partial charge < -0.3 is 19.9 Å². The number of carbonyl (C=O) groups excluding carboxylic acids is 3. The molecular formula is C23H26FN3O4. The quantitative estimate of drug-likeness (QED) is 0.657. The van der Waals surface area contributed by atoms with Gasteiger partial charge in [-0.25, -0.2) is 4.39 Å². The second kappa shape index (κ2) is 10.1. The molecule has 1 atom stereocenters. The number of carbonyl (C=O) groups is 3. The summed E-state index contributed by atoms with van der Waals surface area (Å²) >= 11 is 0. The van der Waals surface area contributed by atoms with Gasteiger partial charge in [0.05, 0.1) is 12.3 Å². The Hall–Kier alpha value is -3.42. The van der Waals surface area contributed by atoms with Gasteiger partial charge in [0.25, 0.3) is 0 Å². The minimum Gasteiger partial charge on any atom is -0.492 e. The lowest BCUT2D eigenvalue weighted by Gasteiger charge is -2.37. The molecule has 1 aliphatic rings. The Morgan fingerprint density at radius 1 is 1.06 bits per heavy atom. The Bertz CT molecular complexity index is 948. The third-order valence-electron chi connectivity index (χ3n) is 5.14. The number of anilines is 1. The van der Waals surface area contributed by atoms with Crippen molar-refractivity contribution in [2.75, 3.05) is 25.0 Å². The molecule has 7 nitrogen and oxygen atoms in total. The van der Waals surface area contributed by atoms with Crippen molar-refractivity contribution in [3.05, 3.63) is 59.9 Å². The molecule has 0 spiro atoms. The van der Waals surface area contributed by atoms with Crippen LogP contribution in [0.3, 0.4) is 0 Å². The van der Waals surface area contributed by atoms with Crippen molar-refractivity contribution in [2.45, 2.75) is 32.9 Å². The first-order chi connectivity index (χ1) is 14.9. The molecule has 1 saturated heterocycles. The summed E-state index contributed by atoms with van der Waals surface area (Å²) in [6.45, 7) is 4.84. The van der Waals surface area contributed by atoms with E-state index in [1.54, 1.807) is 43.3 Å². The fraction of sp³-hybridized carbons (Fsp3) is 0.348. The van der Waals surface area contributed by atoms with Crippen LogP contribution in [-0.2, 0) is 20.9 Å². The van der Waals surface area contributed by atoms with E-state index in [0.717, 1.165) is 5.56 Å². The van der Waals surface area contributed by atoms with E-state index in [-0.39, 0.29) is 24.8 Å². The Labute approximate surface area is 180 Å². The molecule has 0 unspecified atom stereocenters. The highest BCUT2D eigenvalue weighted by Crippen LogP contribution is 2.25. The van der Waals surface area contributed by atoms with Crippen LogP contribution in [0.5, 0.6) is 5.75 Å². The number of amides is 3. The van der Waals surface area contributed by atoms with Crippen LogP contribution in [0.25, 0.3) is 0 Å². The zero-order valence-corrected chi connectivity index (χ0v) is 17.6. The van der Waals surface area contributed by atoms with Gasteiger partial charge in [-0.2, -0.15) is 0 Å². The van der Waals surface area contributed by atoms with Crippen molar-refractivity contribution in [3.8, 4) is 5.75 Å². The summed E-state index contributed by atoms with van der Waals surface area (Å²) in [6, 6.07) is 12.1. The highest BCUT2D eigenvalue weighted by atomic mass is 19.1. The van der Waals surface area contributed by atoms with E-state index in [1.807, 2.05) is 6.92 Å². The average Bonchev–Trinajstić information content (AvgIpc) is 2.76. The standard InChI is InChI=1S/C23H26FN3O4/c1-3-19(21(28)25-18-7-5-6-8-20(18)31-4-2)27-14-13-26(22(29)23(27)30)15-16-9-11-17(24)12-10-16/h5-12,19H,3-4,13-15H2,1-2H3,(H,25,28)/t19-/m1/s1. The molecule has 2 aromatic rings. The smallest absolute Gasteiger partial charge is 0.312 e. The van der Waals surface area contributed by atoms with Crippen molar-refractivity contribution < 1.29 is 23.5 Å². The highest BCUT2D eigenvalue weighted by molar-refractivity contribution is 6.35. The molecule has 3 rings (SSSR count). The fourth-order valence-electron chi connectivity index (χ4n) is 3.56. The molecule has 1 fully saturated rings. The third kappa shape index (κ3) is 5.20. The minimum absolute atomic E-state index is 0.212. The predicted octanol–water partition coefficient (Wildman–Crippen LogP) is 2.81. The van der Waals surface area contributed by atoms with Crippen LogP contribution in [0.4, 0.5) is 10.1 Å². The fourth-order valence-corrected chi connectivity index (χ4v) is 3.56. The van der Waals surface area contributed by atoms with Crippen molar-refractivity contribution in [2.24, 2.45) is 0 Å². The summed E-state index contributed by atoms with van der Waals surface area (Å²) in [5, 5.41) is 2.82. The molecule has 31 heavy (non-hydrogen) atoms. The van der Waals surface area contributed by atoms with Crippen LogP contribution in [0, 0.1) is 5.82 Å². The molecule has 0 aromatic heterocycles. The number of para-hydroxylation sites is 2. The van der Waals surface area contributed by atoms with Gasteiger partial charge in [-0.1, -0.05) is 31.2 Å². The lowest BCUT2D eigenvalue weighted by atomic mass is 10.1. The van der Waals surface area contributed by atoms with Gasteiger partial charge in [0, 0.05) is 19.6 Å². The predicted molar refractivity (Wildman–Crippen MR) is 114 cm³/mol. The number of hydrogen-bond donors (Lipinski definition) is 1. The maximum absolute atomic E-state index is 13.1. The number of nitrogens with zero attached hydrogens (tertiary/aromatic N) is 2. The van der Waals surface area contributed by atoms with Crippen molar-refractivity contribution in [1.29, 1.82) is 0 Å². The number of ether oxygens (including phenoxy) is 1. The van der Waals surface area contributed by atoms with Crippen molar-refractivity contribution in [3.63, 3.8) is 0 Å². The van der Waals surface area contributed by atoms with E-state index in [1.165, 1.54) is 21.9 Å². The summed E-state index contributed by atoms with van der Waals surface area (Å²) in [5.41, 5.74) is 1.25. The second-order valence-electron chi connectivity index (χ2n) is 7.19. The molecule has 0 saturated carbocycles. The molecule has 1 heterocycles. The van der Waals surface area contributed by atoms with Crippen molar-refractivity contribution >= 4 is 23.4 Å². The first-order valence-corrected chi connectivity index (χ1v) is 10.3. The topological polar surface area (TPSA) is 79.0 Å². The van der Waals surface area contributed by atoms with E-state index in [9.17, 15) is 18.8 Å². The molecule has 0 radical (unpaired) electrons. The summed E-state index contributed by atoms with van der Waals surface area (Å²) in [7, 11) is 0. The van der Waals surface area contributed by atoms with Crippen LogP contribution in [-0.4, -0.2) is 53.3 Å². The first kappa shape index (κ1) is 22.3. The SMILES string of the molecule is CCOc1ccccc1NC(=O)[C@@H](CC)N1CCN(Cc2ccc(F)cc2)C(=O)C1=O. The number of halogens is 1. The van der Waals surface area contributed by atoms with E-state index in [4.69, 9.17) is 4.74 Å². The molecular weight excluding hydrogens is 401 g/mol. The van der Waals surface area contributed by atoms with E-state index in [0.29, 0.717) is 31.0 Å². The molecule has 1 N–H and O–H groups in total. The number of benzene rings is 2. The molecule has 8 heteroatoms. The molecule has 164 valence electrons. The third-order valence-corrected chi connectivity index (χ3v) is 5.14. The molecule has 3 amide bonds. The van der Waals surface area contributed by atoms with Gasteiger partial charge in [-0.05, 0) is 43.2 Å².